The minimum Gasteiger partial charge on any atom is -0.309 e. The van der Waals surface area contributed by atoms with Crippen LogP contribution in [-0.2, 0) is 0 Å². The minimum absolute atomic E-state index is 0.0140. The smallest absolute Gasteiger partial charge is 0.164 e. The van der Waals surface area contributed by atoms with Gasteiger partial charge in [-0.1, -0.05) is 145 Å². The number of hydrogen-bond acceptors (Lipinski definition) is 3. The highest BCUT2D eigenvalue weighted by atomic mass is 15.0. The summed E-state index contributed by atoms with van der Waals surface area (Å²) in [4.78, 5) is 13.8. The van der Waals surface area contributed by atoms with Crippen LogP contribution in [0.4, 0.5) is 0 Å². The van der Waals surface area contributed by atoms with Crippen LogP contribution in [0.1, 0.15) is 13.7 Å². The summed E-state index contributed by atoms with van der Waals surface area (Å²) in [6, 6.07) is 41.3. The molecule has 262 valence electrons. The Kier molecular flexibility index (Phi) is 5.41. The molecule has 0 saturated heterocycles. The maximum Gasteiger partial charge on any atom is 0.164 e. The van der Waals surface area contributed by atoms with Crippen LogP contribution in [-0.4, -0.2) is 24.1 Å². The van der Waals surface area contributed by atoms with Gasteiger partial charge in [0.2, 0.25) is 0 Å². The topological polar surface area (TPSA) is 48.5 Å². The van der Waals surface area contributed by atoms with Gasteiger partial charge in [-0.15, -0.1) is 0 Å². The van der Waals surface area contributed by atoms with Gasteiger partial charge in [0.15, 0.2) is 17.5 Å². The van der Waals surface area contributed by atoms with Crippen LogP contribution in [0.25, 0.3) is 100 Å². The summed E-state index contributed by atoms with van der Waals surface area (Å²) in [5, 5.41) is 4.32. The zero-order valence-electron chi connectivity index (χ0n) is 39.5. The zero-order chi connectivity index (χ0) is 45.7. The summed E-state index contributed by atoms with van der Waals surface area (Å²) in [6.07, 6.45) is 0. The molecule has 0 bridgehead atoms. The van der Waals surface area contributed by atoms with E-state index in [0.29, 0.717) is 5.56 Å². The molecule has 11 rings (SSSR count). The Morgan fingerprint density at radius 2 is 0.821 bits per heavy atom. The number of hydrogen-bond donors (Lipinski definition) is 0. The maximum atomic E-state index is 8.74. The third-order valence-corrected chi connectivity index (χ3v) is 10.1. The molecule has 0 N–H and O–H groups in total. The molecule has 0 spiro atoms. The van der Waals surface area contributed by atoms with Gasteiger partial charge in [0.1, 0.15) is 0 Å². The molecule has 8 aromatic carbocycles. The van der Waals surface area contributed by atoms with Crippen LogP contribution in [0.2, 0.25) is 0 Å². The lowest BCUT2D eigenvalue weighted by Crippen LogP contribution is -2.01. The standard InChI is InChI=1S/C51H33N5/c1-4-15-34(16-5-1)49-52-50(35-17-6-2-7-18-35)54-51(53-49)38-19-14-22-40(31-38)56-45-25-12-10-23-41(45)43-29-27-37(33-48(43)56)36-28-30-47-44(32-36)42-24-11-13-26-46(42)55(47)39-20-8-3-9-21-39/h1-33H/i1D,2D,4D,5D,6D,7D,15D,16D,17D,18D. The Balaban J connectivity index is 1.11. The molecule has 0 aliphatic rings. The summed E-state index contributed by atoms with van der Waals surface area (Å²) in [6.45, 7) is 0. The molecule has 0 aliphatic carbocycles. The van der Waals surface area contributed by atoms with Crippen LogP contribution in [0.3, 0.4) is 0 Å². The van der Waals surface area contributed by atoms with Gasteiger partial charge >= 0.3 is 0 Å². The molecule has 5 nitrogen and oxygen atoms in total. The molecule has 0 fully saturated rings. The molecule has 0 saturated carbocycles. The van der Waals surface area contributed by atoms with Crippen molar-refractivity contribution in [1.29, 1.82) is 0 Å². The summed E-state index contributed by atoms with van der Waals surface area (Å²) < 4.78 is 89.2. The molecule has 3 aromatic heterocycles. The molecule has 0 aliphatic heterocycles. The van der Waals surface area contributed by atoms with Crippen LogP contribution >= 0.6 is 0 Å². The number of nitrogens with zero attached hydrogens (tertiary/aromatic N) is 5. The monoisotopic (exact) mass is 725 g/mol. The lowest BCUT2D eigenvalue weighted by molar-refractivity contribution is 1.07. The molecule has 0 radical (unpaired) electrons. The van der Waals surface area contributed by atoms with E-state index in [4.69, 9.17) is 13.7 Å². The summed E-state index contributed by atoms with van der Waals surface area (Å²) in [5.74, 6) is -0.663. The predicted octanol–water partition coefficient (Wildman–Crippen LogP) is 12.7. The second-order valence-corrected chi connectivity index (χ2v) is 13.4. The van der Waals surface area contributed by atoms with Crippen LogP contribution in [0, 0.1) is 0 Å². The first-order valence-electron chi connectivity index (χ1n) is 23.0. The van der Waals surface area contributed by atoms with Gasteiger partial charge in [-0.05, 0) is 65.7 Å². The Labute approximate surface area is 337 Å². The number of fused-ring (bicyclic) bond motifs is 6. The average Bonchev–Trinajstić information content (AvgIpc) is 3.86. The van der Waals surface area contributed by atoms with Crippen molar-refractivity contribution in [2.75, 3.05) is 0 Å². The van der Waals surface area contributed by atoms with E-state index in [1.54, 1.807) is 6.07 Å². The van der Waals surface area contributed by atoms with Crippen molar-refractivity contribution in [3.05, 3.63) is 200 Å². The van der Waals surface area contributed by atoms with Crippen molar-refractivity contribution in [3.63, 3.8) is 0 Å². The Hall–Kier alpha value is -7.63. The van der Waals surface area contributed by atoms with Crippen molar-refractivity contribution >= 4 is 43.6 Å². The number of aromatic nitrogens is 5. The Morgan fingerprint density at radius 3 is 1.50 bits per heavy atom. The Bertz CT molecular complexity index is 3700. The number of rotatable bonds is 6. The first-order chi connectivity index (χ1) is 31.9. The average molecular weight is 726 g/mol. The SMILES string of the molecule is [2H]c1c([2H])c([2H])c(-c2nc(-c3cccc(-n4c5ccccc5c5ccc(-c6ccc7c(c6)c6ccccc6n7-c6ccccc6)cc54)c3)nc(-c3c([2H])c([2H])c([2H])c([2H])c3[2H])n2)c([2H])c1[2H]. The van der Waals surface area contributed by atoms with Crippen LogP contribution in [0.15, 0.2) is 200 Å². The summed E-state index contributed by atoms with van der Waals surface area (Å²) >= 11 is 0. The molecule has 3 heterocycles. The fraction of sp³-hybridized carbons (Fsp3) is 0. The quantitative estimate of drug-likeness (QED) is 0.171. The lowest BCUT2D eigenvalue weighted by Gasteiger charge is -2.12. The molecular weight excluding hydrogens is 683 g/mol. The van der Waals surface area contributed by atoms with Gasteiger partial charge in [-0.2, -0.15) is 0 Å². The van der Waals surface area contributed by atoms with E-state index in [9.17, 15) is 0 Å². The van der Waals surface area contributed by atoms with E-state index in [-0.39, 0.29) is 28.6 Å². The molecule has 0 atom stereocenters. The van der Waals surface area contributed by atoms with Crippen LogP contribution in [0.5, 0.6) is 0 Å². The summed E-state index contributed by atoms with van der Waals surface area (Å²) in [5.41, 5.74) is 7.70. The molecule has 5 heteroatoms. The van der Waals surface area contributed by atoms with Gasteiger partial charge in [-0.25, -0.2) is 15.0 Å². The van der Waals surface area contributed by atoms with Crippen molar-refractivity contribution in [1.82, 2.24) is 24.1 Å². The number of para-hydroxylation sites is 3. The fourth-order valence-corrected chi connectivity index (χ4v) is 7.67. The van der Waals surface area contributed by atoms with E-state index >= 15 is 0 Å². The second-order valence-electron chi connectivity index (χ2n) is 13.4. The van der Waals surface area contributed by atoms with Crippen molar-refractivity contribution in [2.24, 2.45) is 0 Å². The molecular formula is C51H33N5. The normalized spacial score (nSPS) is 14.1. The van der Waals surface area contributed by atoms with Crippen LogP contribution < -0.4 is 0 Å². The van der Waals surface area contributed by atoms with Gasteiger partial charge in [-0.3, -0.25) is 0 Å². The van der Waals surface area contributed by atoms with Gasteiger partial charge in [0, 0.05) is 49.6 Å². The van der Waals surface area contributed by atoms with Crippen molar-refractivity contribution < 1.29 is 13.7 Å². The molecule has 11 aromatic rings. The van der Waals surface area contributed by atoms with E-state index in [0.717, 1.165) is 66.1 Å². The van der Waals surface area contributed by atoms with E-state index in [2.05, 4.69) is 103 Å². The predicted molar refractivity (Wildman–Crippen MR) is 230 cm³/mol. The lowest BCUT2D eigenvalue weighted by atomic mass is 10.0. The highest BCUT2D eigenvalue weighted by Crippen LogP contribution is 2.38. The minimum atomic E-state index is -0.607. The van der Waals surface area contributed by atoms with Crippen molar-refractivity contribution in [3.8, 4) is 56.7 Å². The van der Waals surface area contributed by atoms with E-state index in [1.165, 1.54) is 0 Å². The zero-order valence-corrected chi connectivity index (χ0v) is 29.5. The molecule has 0 unspecified atom stereocenters. The fourth-order valence-electron chi connectivity index (χ4n) is 7.67. The highest BCUT2D eigenvalue weighted by Gasteiger charge is 2.18. The molecule has 56 heavy (non-hydrogen) atoms. The van der Waals surface area contributed by atoms with E-state index in [1.807, 2.05) is 54.6 Å². The third-order valence-electron chi connectivity index (χ3n) is 10.1. The van der Waals surface area contributed by atoms with Gasteiger partial charge in [0.25, 0.3) is 0 Å². The number of benzene rings is 8. The third kappa shape index (κ3) is 5.29. The summed E-state index contributed by atoms with van der Waals surface area (Å²) in [7, 11) is 0. The first kappa shape index (κ1) is 23.2. The van der Waals surface area contributed by atoms with Crippen molar-refractivity contribution in [2.45, 2.75) is 0 Å². The second kappa shape index (κ2) is 13.0. The van der Waals surface area contributed by atoms with Gasteiger partial charge < -0.3 is 9.13 Å². The van der Waals surface area contributed by atoms with Gasteiger partial charge in [0.05, 0.1) is 35.8 Å². The molecule has 0 amide bonds. The Morgan fingerprint density at radius 1 is 0.321 bits per heavy atom. The first-order valence-corrected chi connectivity index (χ1v) is 18.0. The largest absolute Gasteiger partial charge is 0.309 e. The maximum absolute atomic E-state index is 8.74. The van der Waals surface area contributed by atoms with E-state index < -0.39 is 60.4 Å². The highest BCUT2D eigenvalue weighted by molar-refractivity contribution is 6.12.